The maximum atomic E-state index is 11.8. The summed E-state index contributed by atoms with van der Waals surface area (Å²) in [5.41, 5.74) is 1.55. The van der Waals surface area contributed by atoms with Gasteiger partial charge in [-0.3, -0.25) is 4.98 Å². The molecule has 1 heterocycles. The van der Waals surface area contributed by atoms with Gasteiger partial charge in [-0.15, -0.1) is 0 Å². The Hall–Kier alpha value is -0.900. The van der Waals surface area contributed by atoms with Crippen molar-refractivity contribution >= 4 is 9.84 Å². The van der Waals surface area contributed by atoms with Crippen molar-refractivity contribution < 1.29 is 8.42 Å². The second-order valence-corrected chi connectivity index (χ2v) is 6.20. The van der Waals surface area contributed by atoms with Gasteiger partial charge in [0, 0.05) is 6.20 Å². The molecule has 0 fully saturated rings. The van der Waals surface area contributed by atoms with Crippen molar-refractivity contribution in [3.8, 4) is 0 Å². The first kappa shape index (κ1) is 12.2. The summed E-state index contributed by atoms with van der Waals surface area (Å²) in [6.07, 6.45) is 1.71. The first-order chi connectivity index (χ1) is 6.88. The quantitative estimate of drug-likeness (QED) is 0.796. The van der Waals surface area contributed by atoms with Gasteiger partial charge in [-0.2, -0.15) is 0 Å². The van der Waals surface area contributed by atoms with Gasteiger partial charge < -0.3 is 0 Å². The number of nitrogens with zero attached hydrogens (tertiary/aromatic N) is 1. The monoisotopic (exact) mass is 227 g/mol. The van der Waals surface area contributed by atoms with E-state index in [4.69, 9.17) is 0 Å². The second kappa shape index (κ2) is 4.31. The Kier molecular flexibility index (Phi) is 3.50. The van der Waals surface area contributed by atoms with Crippen LogP contribution in [0.15, 0.2) is 17.2 Å². The number of hydrogen-bond acceptors (Lipinski definition) is 3. The fourth-order valence-electron chi connectivity index (χ4n) is 1.39. The Morgan fingerprint density at radius 2 is 2.00 bits per heavy atom. The van der Waals surface area contributed by atoms with Crippen molar-refractivity contribution in [3.63, 3.8) is 0 Å². The smallest absolute Gasteiger partial charge is 0.179 e. The number of hydrogen-bond donors (Lipinski definition) is 0. The van der Waals surface area contributed by atoms with E-state index in [2.05, 4.69) is 4.98 Å². The van der Waals surface area contributed by atoms with E-state index >= 15 is 0 Å². The Bertz CT molecular complexity index is 450. The third-order valence-electron chi connectivity index (χ3n) is 2.28. The Morgan fingerprint density at radius 1 is 1.40 bits per heavy atom. The van der Waals surface area contributed by atoms with Crippen LogP contribution < -0.4 is 0 Å². The normalized spacial score (nSPS) is 12.1. The Balaban J connectivity index is 3.44. The zero-order valence-electron chi connectivity index (χ0n) is 9.61. The zero-order valence-corrected chi connectivity index (χ0v) is 10.4. The molecular weight excluding hydrogens is 210 g/mol. The molecule has 3 nitrogen and oxygen atoms in total. The van der Waals surface area contributed by atoms with E-state index in [1.807, 2.05) is 20.8 Å². The molecular formula is C11H17NO2S. The standard InChI is InChI=1S/C11H17NO2S/c1-5-15(13,14)10-6-9(4)7-12-11(10)8(2)3/h6-8H,5H2,1-4H3. The highest BCUT2D eigenvalue weighted by atomic mass is 32.2. The summed E-state index contributed by atoms with van der Waals surface area (Å²) < 4.78 is 23.7. The summed E-state index contributed by atoms with van der Waals surface area (Å²) in [4.78, 5) is 4.60. The summed E-state index contributed by atoms with van der Waals surface area (Å²) in [5.74, 6) is 0.250. The molecule has 0 radical (unpaired) electrons. The minimum atomic E-state index is -3.16. The number of sulfone groups is 1. The molecule has 0 unspecified atom stereocenters. The summed E-state index contributed by atoms with van der Waals surface area (Å²) >= 11 is 0. The Labute approximate surface area is 91.5 Å². The van der Waals surface area contributed by atoms with Crippen molar-refractivity contribution in [2.24, 2.45) is 0 Å². The third-order valence-corrected chi connectivity index (χ3v) is 4.04. The SMILES string of the molecule is CCS(=O)(=O)c1cc(C)cnc1C(C)C. The molecule has 0 aliphatic carbocycles. The van der Waals surface area contributed by atoms with Crippen molar-refractivity contribution in [1.29, 1.82) is 0 Å². The predicted octanol–water partition coefficient (Wildman–Crippen LogP) is 2.31. The molecule has 0 atom stereocenters. The molecule has 15 heavy (non-hydrogen) atoms. The molecule has 0 N–H and O–H groups in total. The summed E-state index contributed by atoms with van der Waals surface area (Å²) in [5, 5.41) is 0. The second-order valence-electron chi connectivity index (χ2n) is 3.95. The van der Waals surface area contributed by atoms with Crippen LogP contribution in [0.3, 0.4) is 0 Å². The summed E-state index contributed by atoms with van der Waals surface area (Å²) in [6.45, 7) is 7.41. The van der Waals surface area contributed by atoms with Gasteiger partial charge in [0.1, 0.15) is 0 Å². The van der Waals surface area contributed by atoms with Gasteiger partial charge in [0.2, 0.25) is 0 Å². The molecule has 0 aliphatic rings. The van der Waals surface area contributed by atoms with E-state index in [1.165, 1.54) is 0 Å². The summed E-state index contributed by atoms with van der Waals surface area (Å²) in [7, 11) is -3.16. The van der Waals surface area contributed by atoms with Crippen LogP contribution in [0.2, 0.25) is 0 Å². The molecule has 1 rings (SSSR count). The van der Waals surface area contributed by atoms with Crippen LogP contribution in [0.1, 0.15) is 37.9 Å². The van der Waals surface area contributed by atoms with Crippen LogP contribution in [-0.4, -0.2) is 19.2 Å². The molecule has 0 amide bonds. The molecule has 0 saturated heterocycles. The van der Waals surface area contributed by atoms with Crippen LogP contribution in [0.5, 0.6) is 0 Å². The number of aryl methyl sites for hydroxylation is 1. The lowest BCUT2D eigenvalue weighted by molar-refractivity contribution is 0.593. The van der Waals surface area contributed by atoms with Crippen LogP contribution in [-0.2, 0) is 9.84 Å². The molecule has 0 aromatic carbocycles. The van der Waals surface area contributed by atoms with Crippen LogP contribution in [0.25, 0.3) is 0 Å². The maximum absolute atomic E-state index is 11.8. The fourth-order valence-corrected chi connectivity index (χ4v) is 2.67. The molecule has 0 bridgehead atoms. The van der Waals surface area contributed by atoms with Gasteiger partial charge in [-0.25, -0.2) is 8.42 Å². The fraction of sp³-hybridized carbons (Fsp3) is 0.545. The highest BCUT2D eigenvalue weighted by Crippen LogP contribution is 2.23. The van der Waals surface area contributed by atoms with E-state index < -0.39 is 9.84 Å². The van der Waals surface area contributed by atoms with E-state index in [9.17, 15) is 8.42 Å². The minimum absolute atomic E-state index is 0.123. The van der Waals surface area contributed by atoms with Crippen molar-refractivity contribution in [2.45, 2.75) is 38.5 Å². The van der Waals surface area contributed by atoms with E-state index in [-0.39, 0.29) is 11.7 Å². The van der Waals surface area contributed by atoms with Crippen molar-refractivity contribution in [2.75, 3.05) is 5.75 Å². The molecule has 1 aromatic heterocycles. The predicted molar refractivity (Wildman–Crippen MR) is 60.8 cm³/mol. The molecule has 4 heteroatoms. The average Bonchev–Trinajstić information content (AvgIpc) is 2.17. The van der Waals surface area contributed by atoms with Crippen LogP contribution in [0.4, 0.5) is 0 Å². The van der Waals surface area contributed by atoms with Gasteiger partial charge in [-0.05, 0) is 24.5 Å². The lowest BCUT2D eigenvalue weighted by Gasteiger charge is -2.11. The van der Waals surface area contributed by atoms with Gasteiger partial charge >= 0.3 is 0 Å². The number of aromatic nitrogens is 1. The minimum Gasteiger partial charge on any atom is -0.259 e. The molecule has 0 saturated carbocycles. The zero-order chi connectivity index (χ0) is 11.6. The van der Waals surface area contributed by atoms with Crippen LogP contribution >= 0.6 is 0 Å². The van der Waals surface area contributed by atoms with E-state index in [1.54, 1.807) is 19.2 Å². The highest BCUT2D eigenvalue weighted by Gasteiger charge is 2.19. The highest BCUT2D eigenvalue weighted by molar-refractivity contribution is 7.91. The summed E-state index contributed by atoms with van der Waals surface area (Å²) in [6, 6.07) is 1.71. The van der Waals surface area contributed by atoms with Gasteiger partial charge in [-0.1, -0.05) is 20.8 Å². The van der Waals surface area contributed by atoms with E-state index in [0.717, 1.165) is 5.56 Å². The van der Waals surface area contributed by atoms with Crippen LogP contribution in [0, 0.1) is 6.92 Å². The molecule has 84 valence electrons. The molecule has 0 aliphatic heterocycles. The van der Waals surface area contributed by atoms with Crippen molar-refractivity contribution in [3.05, 3.63) is 23.5 Å². The first-order valence-electron chi connectivity index (χ1n) is 5.07. The molecule has 0 spiro atoms. The largest absolute Gasteiger partial charge is 0.259 e. The van der Waals surface area contributed by atoms with Gasteiger partial charge in [0.25, 0.3) is 0 Å². The van der Waals surface area contributed by atoms with Crippen molar-refractivity contribution in [1.82, 2.24) is 4.98 Å². The topological polar surface area (TPSA) is 47.0 Å². The van der Waals surface area contributed by atoms with Gasteiger partial charge in [0.15, 0.2) is 9.84 Å². The number of rotatable bonds is 3. The third kappa shape index (κ3) is 2.56. The Morgan fingerprint density at radius 3 is 2.47 bits per heavy atom. The lowest BCUT2D eigenvalue weighted by Crippen LogP contribution is -2.10. The average molecular weight is 227 g/mol. The lowest BCUT2D eigenvalue weighted by atomic mass is 10.1. The van der Waals surface area contributed by atoms with E-state index in [0.29, 0.717) is 10.6 Å². The number of pyridine rings is 1. The van der Waals surface area contributed by atoms with Gasteiger partial charge in [0.05, 0.1) is 16.3 Å². The molecule has 1 aromatic rings. The first-order valence-corrected chi connectivity index (χ1v) is 6.73. The maximum Gasteiger partial charge on any atom is 0.179 e.